The lowest BCUT2D eigenvalue weighted by atomic mass is 10.1. The van der Waals surface area contributed by atoms with Crippen LogP contribution in [0.3, 0.4) is 0 Å². The van der Waals surface area contributed by atoms with Crippen molar-refractivity contribution >= 4 is 39.3 Å². The lowest BCUT2D eigenvalue weighted by molar-refractivity contribution is 0.102. The van der Waals surface area contributed by atoms with Crippen LogP contribution in [0.2, 0.25) is 0 Å². The van der Waals surface area contributed by atoms with Gasteiger partial charge in [0.05, 0.1) is 6.54 Å². The fourth-order valence-corrected chi connectivity index (χ4v) is 5.52. The Labute approximate surface area is 229 Å². The number of hydrogen-bond acceptors (Lipinski definition) is 4. The van der Waals surface area contributed by atoms with Gasteiger partial charge in [-0.05, 0) is 60.5 Å². The summed E-state index contributed by atoms with van der Waals surface area (Å²) in [5.74, 6) is 1.43. The van der Waals surface area contributed by atoms with Gasteiger partial charge in [-0.15, -0.1) is 10.2 Å². The first-order valence-electron chi connectivity index (χ1n) is 11.9. The third kappa shape index (κ3) is 6.18. The van der Waals surface area contributed by atoms with Crippen LogP contribution >= 0.6 is 27.7 Å². The molecule has 0 radical (unpaired) electrons. The van der Waals surface area contributed by atoms with E-state index in [0.29, 0.717) is 12.1 Å². The fraction of sp³-hybridized carbons (Fsp3) is 0.100. The third-order valence-corrected chi connectivity index (χ3v) is 7.69. The number of thioether (sulfide) groups is 1. The number of nitrogens with zero attached hydrogens (tertiary/aromatic N) is 3. The minimum atomic E-state index is -0.130. The normalized spacial score (nSPS) is 10.9. The van der Waals surface area contributed by atoms with E-state index >= 15 is 0 Å². The number of carbonyl (C=O) groups is 1. The molecule has 0 aliphatic rings. The summed E-state index contributed by atoms with van der Waals surface area (Å²) in [6, 6.07) is 33.8. The number of anilines is 1. The summed E-state index contributed by atoms with van der Waals surface area (Å²) in [6.07, 6.45) is 0. The van der Waals surface area contributed by atoms with E-state index in [-0.39, 0.29) is 5.91 Å². The number of aryl methyl sites for hydroxylation is 1. The number of hydrogen-bond donors (Lipinski definition) is 1. The lowest BCUT2D eigenvalue weighted by Crippen LogP contribution is -2.11. The van der Waals surface area contributed by atoms with Crippen molar-refractivity contribution in [2.24, 2.45) is 0 Å². The van der Waals surface area contributed by atoms with Gasteiger partial charge in [0, 0.05) is 27.0 Å². The van der Waals surface area contributed by atoms with Crippen LogP contribution < -0.4 is 5.32 Å². The van der Waals surface area contributed by atoms with Crippen molar-refractivity contribution in [2.45, 2.75) is 24.4 Å². The van der Waals surface area contributed by atoms with Crippen LogP contribution in [0.4, 0.5) is 5.69 Å². The van der Waals surface area contributed by atoms with E-state index in [2.05, 4.69) is 60.3 Å². The maximum atomic E-state index is 12.7. The molecule has 0 saturated heterocycles. The van der Waals surface area contributed by atoms with Gasteiger partial charge < -0.3 is 5.32 Å². The summed E-state index contributed by atoms with van der Waals surface area (Å²) >= 11 is 5.30. The van der Waals surface area contributed by atoms with E-state index in [9.17, 15) is 4.79 Å². The minimum absolute atomic E-state index is 0.130. The quantitative estimate of drug-likeness (QED) is 0.196. The molecule has 0 aliphatic heterocycles. The molecule has 1 N–H and O–H groups in total. The molecule has 5 nitrogen and oxygen atoms in total. The van der Waals surface area contributed by atoms with E-state index in [1.807, 2.05) is 85.8 Å². The van der Waals surface area contributed by atoms with Crippen LogP contribution in [0.25, 0.3) is 11.4 Å². The van der Waals surface area contributed by atoms with E-state index in [1.165, 1.54) is 11.1 Å². The zero-order chi connectivity index (χ0) is 25.6. The average Bonchev–Trinajstić information content (AvgIpc) is 3.31. The second-order valence-electron chi connectivity index (χ2n) is 8.66. The number of benzene rings is 4. The fourth-order valence-electron chi connectivity index (χ4n) is 3.97. The van der Waals surface area contributed by atoms with Crippen LogP contribution in [0.15, 0.2) is 113 Å². The van der Waals surface area contributed by atoms with Crippen molar-refractivity contribution in [3.63, 3.8) is 0 Å². The molecule has 1 aromatic heterocycles. The molecular formula is C30H25BrN4OS. The first-order valence-corrected chi connectivity index (χ1v) is 13.7. The monoisotopic (exact) mass is 568 g/mol. The molecule has 5 aromatic rings. The molecule has 1 amide bonds. The third-order valence-electron chi connectivity index (χ3n) is 5.90. The van der Waals surface area contributed by atoms with E-state index in [0.717, 1.165) is 38.0 Å². The molecule has 0 unspecified atom stereocenters. The van der Waals surface area contributed by atoms with Gasteiger partial charge in [-0.2, -0.15) is 0 Å². The van der Waals surface area contributed by atoms with Gasteiger partial charge in [-0.25, -0.2) is 0 Å². The van der Waals surface area contributed by atoms with Gasteiger partial charge in [0.15, 0.2) is 11.0 Å². The highest BCUT2D eigenvalue weighted by Gasteiger charge is 2.16. The predicted octanol–water partition coefficient (Wildman–Crippen LogP) is 7.61. The highest BCUT2D eigenvalue weighted by atomic mass is 79.9. The molecule has 5 rings (SSSR count). The van der Waals surface area contributed by atoms with Crippen LogP contribution in [-0.2, 0) is 12.3 Å². The van der Waals surface area contributed by atoms with Crippen LogP contribution in [0.5, 0.6) is 0 Å². The van der Waals surface area contributed by atoms with Gasteiger partial charge in [0.2, 0.25) is 0 Å². The summed E-state index contributed by atoms with van der Waals surface area (Å²) in [4.78, 5) is 12.7. The molecule has 0 atom stereocenters. The largest absolute Gasteiger partial charge is 0.322 e. The van der Waals surface area contributed by atoms with Gasteiger partial charge in [-0.3, -0.25) is 9.36 Å². The Balaban J connectivity index is 1.39. The number of halogens is 1. The van der Waals surface area contributed by atoms with Gasteiger partial charge in [0.25, 0.3) is 5.91 Å². The summed E-state index contributed by atoms with van der Waals surface area (Å²) in [6.45, 7) is 2.63. The van der Waals surface area contributed by atoms with Crippen molar-refractivity contribution in [3.05, 3.63) is 130 Å². The Morgan fingerprint density at radius 3 is 2.41 bits per heavy atom. The van der Waals surface area contributed by atoms with Gasteiger partial charge in [-0.1, -0.05) is 93.9 Å². The van der Waals surface area contributed by atoms with E-state index < -0.39 is 0 Å². The van der Waals surface area contributed by atoms with Gasteiger partial charge >= 0.3 is 0 Å². The maximum Gasteiger partial charge on any atom is 0.255 e. The molecule has 1 heterocycles. The summed E-state index contributed by atoms with van der Waals surface area (Å²) in [7, 11) is 0. The van der Waals surface area contributed by atoms with Crippen molar-refractivity contribution in [2.75, 3.05) is 5.32 Å². The van der Waals surface area contributed by atoms with Gasteiger partial charge in [0.1, 0.15) is 0 Å². The average molecular weight is 570 g/mol. The molecular weight excluding hydrogens is 544 g/mol. The Morgan fingerprint density at radius 1 is 0.892 bits per heavy atom. The molecule has 0 saturated carbocycles. The van der Waals surface area contributed by atoms with Crippen molar-refractivity contribution in [1.29, 1.82) is 0 Å². The van der Waals surface area contributed by atoms with Crippen molar-refractivity contribution in [1.82, 2.24) is 14.8 Å². The van der Waals surface area contributed by atoms with Crippen LogP contribution in [0, 0.1) is 6.92 Å². The molecule has 0 aliphatic carbocycles. The van der Waals surface area contributed by atoms with Crippen molar-refractivity contribution in [3.8, 4) is 11.4 Å². The summed E-state index contributed by atoms with van der Waals surface area (Å²) in [5.41, 5.74) is 5.73. The molecule has 184 valence electrons. The first kappa shape index (κ1) is 25.0. The minimum Gasteiger partial charge on any atom is -0.322 e. The van der Waals surface area contributed by atoms with Crippen molar-refractivity contribution < 1.29 is 4.79 Å². The predicted molar refractivity (Wildman–Crippen MR) is 154 cm³/mol. The number of nitrogens with one attached hydrogen (secondary N) is 1. The zero-order valence-corrected chi connectivity index (χ0v) is 22.7. The number of rotatable bonds is 8. The molecule has 0 fully saturated rings. The summed E-state index contributed by atoms with van der Waals surface area (Å²) in [5, 5.41) is 12.9. The highest BCUT2D eigenvalue weighted by molar-refractivity contribution is 9.10. The number of amides is 1. The zero-order valence-electron chi connectivity index (χ0n) is 20.3. The van der Waals surface area contributed by atoms with E-state index in [1.54, 1.807) is 11.8 Å². The Hall–Kier alpha value is -3.68. The van der Waals surface area contributed by atoms with Crippen LogP contribution in [-0.4, -0.2) is 20.7 Å². The van der Waals surface area contributed by atoms with E-state index in [4.69, 9.17) is 0 Å². The smallest absolute Gasteiger partial charge is 0.255 e. The molecule has 0 spiro atoms. The molecule has 7 heteroatoms. The second kappa shape index (κ2) is 11.6. The Kier molecular flexibility index (Phi) is 7.82. The SMILES string of the molecule is Cc1cccc(C(=O)Nc2ccc(-c3nnc(SCc4ccccc4Br)n3Cc3ccccc3)cc2)c1. The Bertz CT molecular complexity index is 1520. The maximum absolute atomic E-state index is 12.7. The summed E-state index contributed by atoms with van der Waals surface area (Å²) < 4.78 is 3.23. The second-order valence-corrected chi connectivity index (χ2v) is 10.5. The highest BCUT2D eigenvalue weighted by Crippen LogP contribution is 2.30. The standard InChI is InChI=1S/C30H25BrN4OS/c1-21-8-7-12-24(18-21)29(36)32-26-16-14-23(15-17-26)28-33-34-30(35(28)19-22-9-3-2-4-10-22)37-20-25-11-5-6-13-27(25)31/h2-18H,19-20H2,1H3,(H,32,36). The number of aromatic nitrogens is 3. The van der Waals surface area contributed by atoms with Crippen LogP contribution in [0.1, 0.15) is 27.0 Å². The molecule has 37 heavy (non-hydrogen) atoms. The molecule has 4 aromatic carbocycles. The first-order chi connectivity index (χ1) is 18.1. The number of carbonyl (C=O) groups excluding carboxylic acids is 1. The topological polar surface area (TPSA) is 59.8 Å². The lowest BCUT2D eigenvalue weighted by Gasteiger charge is -2.12. The Morgan fingerprint density at radius 2 is 1.65 bits per heavy atom. The molecule has 0 bridgehead atoms.